The number of hydrogen-bond acceptors (Lipinski definition) is 6. The van der Waals surface area contributed by atoms with Crippen LogP contribution in [0.15, 0.2) is 12.3 Å². The number of nitro groups is 1. The smallest absolute Gasteiger partial charge is 0.289 e. The van der Waals surface area contributed by atoms with Crippen molar-refractivity contribution in [1.82, 2.24) is 4.98 Å². The molecule has 0 bridgehead atoms. The minimum absolute atomic E-state index is 0.00365. The topological polar surface area (TPSA) is 118 Å². The second-order valence-electron chi connectivity index (χ2n) is 3.44. The van der Waals surface area contributed by atoms with Gasteiger partial charge in [-0.2, -0.15) is 5.26 Å². The van der Waals surface area contributed by atoms with Crippen molar-refractivity contribution in [2.24, 2.45) is 5.73 Å². The average Bonchev–Trinajstić information content (AvgIpc) is 2.35. The van der Waals surface area contributed by atoms with Gasteiger partial charge < -0.3 is 11.1 Å². The van der Waals surface area contributed by atoms with E-state index in [0.29, 0.717) is 12.4 Å². The molecule has 0 aromatic carbocycles. The predicted molar refractivity (Wildman–Crippen MR) is 62.4 cm³/mol. The lowest BCUT2D eigenvalue weighted by atomic mass is 10.2. The largest absolute Gasteiger partial charge is 0.365 e. The normalized spacial score (nSPS) is 11.6. The molecule has 0 aliphatic carbocycles. The summed E-state index contributed by atoms with van der Waals surface area (Å²) in [7, 11) is 0. The third-order valence-electron chi connectivity index (χ3n) is 2.32. The first-order valence-electron chi connectivity index (χ1n) is 5.13. The molecule has 1 aromatic rings. The molecule has 1 unspecified atom stereocenters. The summed E-state index contributed by atoms with van der Waals surface area (Å²) in [5.74, 6) is 0.329. The third-order valence-corrected chi connectivity index (χ3v) is 2.32. The SMILES string of the molecule is CCC(CN)Nc1ncc([N+](=O)[O-])cc1C#N. The van der Waals surface area contributed by atoms with E-state index in [-0.39, 0.29) is 17.3 Å². The van der Waals surface area contributed by atoms with Gasteiger partial charge in [0, 0.05) is 18.7 Å². The maximum Gasteiger partial charge on any atom is 0.289 e. The third kappa shape index (κ3) is 3.12. The van der Waals surface area contributed by atoms with Crippen LogP contribution in [-0.2, 0) is 0 Å². The van der Waals surface area contributed by atoms with Gasteiger partial charge in [-0.1, -0.05) is 6.92 Å². The van der Waals surface area contributed by atoms with Gasteiger partial charge in [-0.3, -0.25) is 10.1 Å². The van der Waals surface area contributed by atoms with Gasteiger partial charge in [0.15, 0.2) is 0 Å². The van der Waals surface area contributed by atoms with Crippen molar-refractivity contribution in [1.29, 1.82) is 5.26 Å². The number of nitrogens with one attached hydrogen (secondary N) is 1. The van der Waals surface area contributed by atoms with Gasteiger partial charge in [0.05, 0.1) is 4.92 Å². The Labute approximate surface area is 98.4 Å². The van der Waals surface area contributed by atoms with E-state index in [4.69, 9.17) is 11.0 Å². The second kappa shape index (κ2) is 5.77. The van der Waals surface area contributed by atoms with Gasteiger partial charge in [0.2, 0.25) is 0 Å². The number of nitriles is 1. The molecule has 0 amide bonds. The maximum atomic E-state index is 10.5. The standard InChI is InChI=1S/C10H13N5O2/c1-2-8(5-12)14-10-7(4-11)3-9(6-13-10)15(16)17/h3,6,8H,2,5,12H2,1H3,(H,13,14). The zero-order valence-corrected chi connectivity index (χ0v) is 9.38. The summed E-state index contributed by atoms with van der Waals surface area (Å²) in [4.78, 5) is 13.8. The van der Waals surface area contributed by atoms with Crippen LogP contribution in [0, 0.1) is 21.4 Å². The lowest BCUT2D eigenvalue weighted by Crippen LogP contribution is -2.28. The van der Waals surface area contributed by atoms with Gasteiger partial charge in [-0.15, -0.1) is 0 Å². The lowest BCUT2D eigenvalue weighted by Gasteiger charge is -2.15. The molecule has 1 atom stereocenters. The fourth-order valence-electron chi connectivity index (χ4n) is 1.27. The van der Waals surface area contributed by atoms with E-state index < -0.39 is 4.92 Å². The molecule has 17 heavy (non-hydrogen) atoms. The van der Waals surface area contributed by atoms with E-state index in [1.807, 2.05) is 13.0 Å². The predicted octanol–water partition coefficient (Wildman–Crippen LogP) is 1.01. The highest BCUT2D eigenvalue weighted by Gasteiger charge is 2.14. The number of aromatic nitrogens is 1. The zero-order chi connectivity index (χ0) is 12.8. The number of rotatable bonds is 5. The van der Waals surface area contributed by atoms with Crippen LogP contribution < -0.4 is 11.1 Å². The minimum Gasteiger partial charge on any atom is -0.365 e. The summed E-state index contributed by atoms with van der Waals surface area (Å²) in [5, 5.41) is 22.4. The van der Waals surface area contributed by atoms with Crippen LogP contribution >= 0.6 is 0 Å². The number of pyridine rings is 1. The summed E-state index contributed by atoms with van der Waals surface area (Å²) in [6.07, 6.45) is 1.90. The molecule has 90 valence electrons. The van der Waals surface area contributed by atoms with E-state index in [0.717, 1.165) is 12.6 Å². The molecule has 7 nitrogen and oxygen atoms in total. The van der Waals surface area contributed by atoms with Crippen molar-refractivity contribution < 1.29 is 4.92 Å². The maximum absolute atomic E-state index is 10.5. The quantitative estimate of drug-likeness (QED) is 0.580. The highest BCUT2D eigenvalue weighted by Crippen LogP contribution is 2.19. The number of anilines is 1. The van der Waals surface area contributed by atoms with Gasteiger partial charge in [0.25, 0.3) is 5.69 Å². The Morgan fingerprint density at radius 1 is 1.76 bits per heavy atom. The molecule has 0 aliphatic heterocycles. The highest BCUT2D eigenvalue weighted by molar-refractivity contribution is 5.55. The Bertz CT molecular complexity index is 450. The molecule has 0 saturated heterocycles. The number of nitrogens with zero attached hydrogens (tertiary/aromatic N) is 3. The molecule has 1 heterocycles. The zero-order valence-electron chi connectivity index (χ0n) is 9.38. The van der Waals surface area contributed by atoms with Crippen molar-refractivity contribution in [3.63, 3.8) is 0 Å². The van der Waals surface area contributed by atoms with E-state index in [9.17, 15) is 10.1 Å². The molecule has 3 N–H and O–H groups in total. The summed E-state index contributed by atoms with van der Waals surface area (Å²) >= 11 is 0. The van der Waals surface area contributed by atoms with Gasteiger partial charge in [-0.05, 0) is 6.42 Å². The van der Waals surface area contributed by atoms with Crippen LogP contribution in [0.3, 0.4) is 0 Å². The highest BCUT2D eigenvalue weighted by atomic mass is 16.6. The number of hydrogen-bond donors (Lipinski definition) is 2. The molecule has 1 aromatic heterocycles. The van der Waals surface area contributed by atoms with Crippen molar-refractivity contribution in [2.75, 3.05) is 11.9 Å². The second-order valence-corrected chi connectivity index (χ2v) is 3.44. The molecule has 0 aliphatic rings. The Morgan fingerprint density at radius 3 is 2.94 bits per heavy atom. The van der Waals surface area contributed by atoms with Crippen molar-refractivity contribution in [3.8, 4) is 6.07 Å². The Kier molecular flexibility index (Phi) is 4.37. The van der Waals surface area contributed by atoms with Crippen molar-refractivity contribution >= 4 is 11.5 Å². The fourth-order valence-corrected chi connectivity index (χ4v) is 1.27. The van der Waals surface area contributed by atoms with E-state index in [1.54, 1.807) is 0 Å². The Balaban J connectivity index is 3.01. The van der Waals surface area contributed by atoms with Crippen LogP contribution in [0.4, 0.5) is 11.5 Å². The summed E-state index contributed by atoms with van der Waals surface area (Å²) in [5.41, 5.74) is 5.46. The molecule has 0 radical (unpaired) electrons. The lowest BCUT2D eigenvalue weighted by molar-refractivity contribution is -0.385. The minimum atomic E-state index is -0.585. The van der Waals surface area contributed by atoms with Gasteiger partial charge in [0.1, 0.15) is 23.6 Å². The number of nitrogens with two attached hydrogens (primary N) is 1. The first-order valence-corrected chi connectivity index (χ1v) is 5.13. The molecular formula is C10H13N5O2. The summed E-state index contributed by atoms with van der Waals surface area (Å²) in [6.45, 7) is 2.35. The van der Waals surface area contributed by atoms with Crippen LogP contribution in [0.1, 0.15) is 18.9 Å². The molecule has 0 saturated carbocycles. The first-order chi connectivity index (χ1) is 8.12. The summed E-state index contributed by atoms with van der Waals surface area (Å²) < 4.78 is 0. The van der Waals surface area contributed by atoms with Crippen molar-refractivity contribution in [2.45, 2.75) is 19.4 Å². The van der Waals surface area contributed by atoms with Crippen molar-refractivity contribution in [3.05, 3.63) is 27.9 Å². The molecular weight excluding hydrogens is 222 g/mol. The fraction of sp³-hybridized carbons (Fsp3) is 0.400. The average molecular weight is 235 g/mol. The monoisotopic (exact) mass is 235 g/mol. The van der Waals surface area contributed by atoms with E-state index in [2.05, 4.69) is 10.3 Å². The van der Waals surface area contributed by atoms with Crippen LogP contribution in [-0.4, -0.2) is 22.5 Å². The molecule has 7 heteroatoms. The van der Waals surface area contributed by atoms with Crippen LogP contribution in [0.5, 0.6) is 0 Å². The Hall–Kier alpha value is -2.20. The summed E-state index contributed by atoms with van der Waals surface area (Å²) in [6, 6.07) is 3.06. The van der Waals surface area contributed by atoms with Crippen LogP contribution in [0.25, 0.3) is 0 Å². The van der Waals surface area contributed by atoms with E-state index in [1.165, 1.54) is 6.07 Å². The van der Waals surface area contributed by atoms with Crippen LogP contribution in [0.2, 0.25) is 0 Å². The first kappa shape index (κ1) is 12.9. The van der Waals surface area contributed by atoms with Gasteiger partial charge in [-0.25, -0.2) is 4.98 Å². The molecule has 1 rings (SSSR count). The molecule has 0 fully saturated rings. The Morgan fingerprint density at radius 2 is 2.47 bits per heavy atom. The van der Waals surface area contributed by atoms with E-state index >= 15 is 0 Å². The van der Waals surface area contributed by atoms with Gasteiger partial charge >= 0.3 is 0 Å². The molecule has 0 spiro atoms.